The second kappa shape index (κ2) is 6.13. The lowest BCUT2D eigenvalue weighted by Crippen LogP contribution is -2.15. The lowest BCUT2D eigenvalue weighted by molar-refractivity contribution is 0.649. The summed E-state index contributed by atoms with van der Waals surface area (Å²) in [6.07, 6.45) is 2.38. The first-order valence-corrected chi connectivity index (χ1v) is 7.24. The molecule has 2 aromatic rings. The lowest BCUT2D eigenvalue weighted by atomic mass is 10.2. The van der Waals surface area contributed by atoms with Crippen LogP contribution in [0.4, 0.5) is 0 Å². The molecule has 0 aliphatic carbocycles. The van der Waals surface area contributed by atoms with Gasteiger partial charge in [-0.3, -0.25) is 0 Å². The molecule has 2 rings (SSSR count). The second-order valence-corrected chi connectivity index (χ2v) is 5.72. The zero-order valence-electron chi connectivity index (χ0n) is 9.40. The van der Waals surface area contributed by atoms with Gasteiger partial charge in [0, 0.05) is 22.5 Å². The smallest absolute Gasteiger partial charge is 0.107 e. The predicted octanol–water partition coefficient (Wildman–Crippen LogP) is 3.24. The third kappa shape index (κ3) is 3.70. The fourth-order valence-electron chi connectivity index (χ4n) is 1.52. The highest BCUT2D eigenvalue weighted by atomic mass is 32.1. The Kier molecular flexibility index (Phi) is 4.51. The van der Waals surface area contributed by atoms with E-state index in [9.17, 15) is 0 Å². The zero-order valence-corrected chi connectivity index (χ0v) is 11.0. The van der Waals surface area contributed by atoms with Gasteiger partial charge < -0.3 is 5.32 Å². The Balaban J connectivity index is 1.59. The molecule has 0 spiro atoms. The number of nitrogens with one attached hydrogen (secondary N) is 1. The maximum Gasteiger partial charge on any atom is 0.107 e. The van der Waals surface area contributed by atoms with Crippen molar-refractivity contribution in [2.45, 2.75) is 26.3 Å². The summed E-state index contributed by atoms with van der Waals surface area (Å²) < 4.78 is 0. The molecule has 0 aliphatic heterocycles. The van der Waals surface area contributed by atoms with Crippen molar-refractivity contribution in [3.63, 3.8) is 0 Å². The summed E-state index contributed by atoms with van der Waals surface area (Å²) in [7, 11) is 0. The molecular weight excluding hydrogens is 236 g/mol. The quantitative estimate of drug-likeness (QED) is 0.798. The summed E-state index contributed by atoms with van der Waals surface area (Å²) in [5, 5.41) is 8.86. The molecule has 0 atom stereocenters. The van der Waals surface area contributed by atoms with Gasteiger partial charge in [0.1, 0.15) is 5.01 Å². The monoisotopic (exact) mass is 252 g/mol. The van der Waals surface area contributed by atoms with Crippen LogP contribution in [0.3, 0.4) is 0 Å². The van der Waals surface area contributed by atoms with Gasteiger partial charge in [-0.05, 0) is 37.8 Å². The van der Waals surface area contributed by atoms with Crippen molar-refractivity contribution in [2.24, 2.45) is 0 Å². The third-order valence-corrected chi connectivity index (χ3v) is 4.20. The number of rotatable bonds is 6. The summed E-state index contributed by atoms with van der Waals surface area (Å²) in [5.41, 5.74) is 1.13. The van der Waals surface area contributed by atoms with Gasteiger partial charge in [-0.15, -0.1) is 22.7 Å². The molecule has 2 aromatic heterocycles. The van der Waals surface area contributed by atoms with Crippen LogP contribution in [0.5, 0.6) is 0 Å². The fraction of sp³-hybridized carbons (Fsp3) is 0.417. The summed E-state index contributed by atoms with van der Waals surface area (Å²) >= 11 is 3.58. The van der Waals surface area contributed by atoms with Gasteiger partial charge in [0.2, 0.25) is 0 Å². The Hall–Kier alpha value is -0.710. The molecule has 2 heterocycles. The summed E-state index contributed by atoms with van der Waals surface area (Å²) in [5.74, 6) is 0. The topological polar surface area (TPSA) is 24.9 Å². The van der Waals surface area contributed by atoms with Gasteiger partial charge in [-0.1, -0.05) is 6.07 Å². The number of aromatic nitrogens is 1. The minimum absolute atomic E-state index is 0.906. The Morgan fingerprint density at radius 3 is 3.00 bits per heavy atom. The molecule has 0 saturated carbocycles. The molecule has 0 unspecified atom stereocenters. The summed E-state index contributed by atoms with van der Waals surface area (Å²) in [6, 6.07) is 4.32. The van der Waals surface area contributed by atoms with E-state index in [1.807, 2.05) is 18.3 Å². The molecule has 0 fully saturated rings. The average molecular weight is 252 g/mol. The van der Waals surface area contributed by atoms with E-state index in [0.717, 1.165) is 18.8 Å². The van der Waals surface area contributed by atoms with E-state index in [2.05, 4.69) is 33.2 Å². The van der Waals surface area contributed by atoms with E-state index >= 15 is 0 Å². The highest BCUT2D eigenvalue weighted by Gasteiger charge is 1.98. The molecule has 0 aromatic carbocycles. The molecule has 0 bridgehead atoms. The normalized spacial score (nSPS) is 10.8. The molecule has 4 heteroatoms. The number of aryl methyl sites for hydroxylation is 2. The van der Waals surface area contributed by atoms with Crippen molar-refractivity contribution in [1.82, 2.24) is 10.3 Å². The largest absolute Gasteiger partial charge is 0.310 e. The van der Waals surface area contributed by atoms with Crippen molar-refractivity contribution in [3.05, 3.63) is 38.5 Å². The molecular formula is C12H16N2S2. The molecule has 86 valence electrons. The van der Waals surface area contributed by atoms with Gasteiger partial charge in [-0.25, -0.2) is 4.98 Å². The summed E-state index contributed by atoms with van der Waals surface area (Å²) in [4.78, 5) is 5.89. The van der Waals surface area contributed by atoms with Crippen LogP contribution in [-0.2, 0) is 13.0 Å². The van der Waals surface area contributed by atoms with E-state index in [-0.39, 0.29) is 0 Å². The van der Waals surface area contributed by atoms with E-state index in [1.54, 1.807) is 11.3 Å². The number of thiophene rings is 1. The molecule has 0 radical (unpaired) electrons. The maximum atomic E-state index is 4.42. The number of hydrogen-bond acceptors (Lipinski definition) is 4. The van der Waals surface area contributed by atoms with Crippen LogP contribution < -0.4 is 5.32 Å². The Labute approximate surface area is 104 Å². The molecule has 0 aliphatic rings. The van der Waals surface area contributed by atoms with Gasteiger partial charge in [0.25, 0.3) is 0 Å². The zero-order chi connectivity index (χ0) is 11.2. The Morgan fingerprint density at radius 2 is 2.31 bits per heavy atom. The predicted molar refractivity (Wildman–Crippen MR) is 71.2 cm³/mol. The van der Waals surface area contributed by atoms with Crippen LogP contribution in [0.1, 0.15) is 22.0 Å². The van der Waals surface area contributed by atoms with E-state index in [1.165, 1.54) is 22.7 Å². The SMILES string of the molecule is Cc1csc(CNCCCc2cccs2)n1. The number of thiazole rings is 1. The first-order chi connectivity index (χ1) is 7.84. The van der Waals surface area contributed by atoms with Crippen LogP contribution in [0.15, 0.2) is 22.9 Å². The minimum Gasteiger partial charge on any atom is -0.310 e. The Bertz CT molecular complexity index is 406. The Morgan fingerprint density at radius 1 is 1.38 bits per heavy atom. The van der Waals surface area contributed by atoms with E-state index < -0.39 is 0 Å². The lowest BCUT2D eigenvalue weighted by Gasteiger charge is -2.01. The highest BCUT2D eigenvalue weighted by molar-refractivity contribution is 7.10. The van der Waals surface area contributed by atoms with Crippen LogP contribution >= 0.6 is 22.7 Å². The maximum absolute atomic E-state index is 4.42. The molecule has 2 nitrogen and oxygen atoms in total. The first kappa shape index (κ1) is 11.8. The van der Waals surface area contributed by atoms with Gasteiger partial charge in [0.15, 0.2) is 0 Å². The first-order valence-electron chi connectivity index (χ1n) is 5.49. The fourth-order valence-corrected chi connectivity index (χ4v) is 3.01. The van der Waals surface area contributed by atoms with Crippen LogP contribution in [-0.4, -0.2) is 11.5 Å². The van der Waals surface area contributed by atoms with Gasteiger partial charge >= 0.3 is 0 Å². The average Bonchev–Trinajstić information content (AvgIpc) is 2.89. The van der Waals surface area contributed by atoms with E-state index in [4.69, 9.17) is 0 Å². The van der Waals surface area contributed by atoms with Crippen molar-refractivity contribution in [2.75, 3.05) is 6.54 Å². The summed E-state index contributed by atoms with van der Waals surface area (Å²) in [6.45, 7) is 4.01. The molecule has 0 amide bonds. The minimum atomic E-state index is 0.906. The number of hydrogen-bond donors (Lipinski definition) is 1. The van der Waals surface area contributed by atoms with E-state index in [0.29, 0.717) is 0 Å². The highest BCUT2D eigenvalue weighted by Crippen LogP contribution is 2.11. The van der Waals surface area contributed by atoms with Crippen LogP contribution in [0, 0.1) is 6.92 Å². The molecule has 16 heavy (non-hydrogen) atoms. The van der Waals surface area contributed by atoms with Crippen molar-refractivity contribution >= 4 is 22.7 Å². The van der Waals surface area contributed by atoms with Crippen LogP contribution in [0.25, 0.3) is 0 Å². The van der Waals surface area contributed by atoms with Gasteiger partial charge in [-0.2, -0.15) is 0 Å². The van der Waals surface area contributed by atoms with Gasteiger partial charge in [0.05, 0.1) is 0 Å². The number of nitrogens with zero attached hydrogens (tertiary/aromatic N) is 1. The molecule has 1 N–H and O–H groups in total. The molecule has 0 saturated heterocycles. The van der Waals surface area contributed by atoms with Crippen molar-refractivity contribution in [1.29, 1.82) is 0 Å². The standard InChI is InChI=1S/C12H16N2S2/c1-10-9-16-12(14-10)8-13-6-2-4-11-5-3-7-15-11/h3,5,7,9,13H,2,4,6,8H2,1H3. The van der Waals surface area contributed by atoms with Crippen molar-refractivity contribution in [3.8, 4) is 0 Å². The van der Waals surface area contributed by atoms with Crippen LogP contribution in [0.2, 0.25) is 0 Å². The van der Waals surface area contributed by atoms with Crippen molar-refractivity contribution < 1.29 is 0 Å². The third-order valence-electron chi connectivity index (χ3n) is 2.30. The second-order valence-electron chi connectivity index (χ2n) is 3.74.